The van der Waals surface area contributed by atoms with Crippen molar-refractivity contribution in [1.29, 1.82) is 0 Å². The number of nitrogens with zero attached hydrogens (tertiary/aromatic N) is 3. The Bertz CT molecular complexity index is 470. The molecule has 0 N–H and O–H groups in total. The highest BCUT2D eigenvalue weighted by molar-refractivity contribution is 7.91. The van der Waals surface area contributed by atoms with Gasteiger partial charge in [0, 0.05) is 12.3 Å². The van der Waals surface area contributed by atoms with Gasteiger partial charge in [-0.15, -0.1) is 0 Å². The van der Waals surface area contributed by atoms with Crippen LogP contribution in [0.5, 0.6) is 0 Å². The quantitative estimate of drug-likeness (QED) is 0.480. The third-order valence-electron chi connectivity index (χ3n) is 2.45. The zero-order valence-corrected chi connectivity index (χ0v) is 10.3. The summed E-state index contributed by atoms with van der Waals surface area (Å²) >= 11 is 0. The molecular formula is C8H13N3O5S. The molecule has 0 aromatic heterocycles. The van der Waals surface area contributed by atoms with Crippen LogP contribution in [0, 0.1) is 10.1 Å². The third kappa shape index (κ3) is 2.99. The smallest absolute Gasteiger partial charge is 0.292 e. The highest BCUT2D eigenvalue weighted by Crippen LogP contribution is 2.11. The van der Waals surface area contributed by atoms with Crippen molar-refractivity contribution in [2.24, 2.45) is 4.99 Å². The van der Waals surface area contributed by atoms with E-state index in [9.17, 15) is 23.3 Å². The van der Waals surface area contributed by atoms with Crippen LogP contribution >= 0.6 is 0 Å². The Balaban J connectivity index is 2.72. The van der Waals surface area contributed by atoms with Crippen LogP contribution in [0.15, 0.2) is 4.99 Å². The lowest BCUT2D eigenvalue weighted by Crippen LogP contribution is -2.39. The van der Waals surface area contributed by atoms with E-state index in [0.717, 1.165) is 4.90 Å². The van der Waals surface area contributed by atoms with Gasteiger partial charge in [0.05, 0.1) is 10.7 Å². The Morgan fingerprint density at radius 2 is 2.12 bits per heavy atom. The third-order valence-corrected chi connectivity index (χ3v) is 4.14. The van der Waals surface area contributed by atoms with Crippen molar-refractivity contribution in [2.75, 3.05) is 18.1 Å². The number of sulfone groups is 1. The topological polar surface area (TPSA) is 110 Å². The van der Waals surface area contributed by atoms with Crippen LogP contribution < -0.4 is 0 Å². The van der Waals surface area contributed by atoms with Gasteiger partial charge in [-0.3, -0.25) is 19.8 Å². The maximum absolute atomic E-state index is 11.5. The lowest BCUT2D eigenvalue weighted by atomic mass is 10.4. The minimum atomic E-state index is -3.21. The van der Waals surface area contributed by atoms with Gasteiger partial charge in [0.2, 0.25) is 0 Å². The normalized spacial score (nSPS) is 20.6. The van der Waals surface area contributed by atoms with Crippen LogP contribution in [0.3, 0.4) is 0 Å². The van der Waals surface area contributed by atoms with E-state index in [0.29, 0.717) is 0 Å². The van der Waals surface area contributed by atoms with Gasteiger partial charge in [-0.1, -0.05) is 6.92 Å². The molecule has 1 rings (SSSR count). The van der Waals surface area contributed by atoms with Crippen LogP contribution in [-0.4, -0.2) is 54.2 Å². The standard InChI is InChI=1S/C8H13N3O5S/c1-3-17(15,16)5-4-10-6(2)9-7(8(10)12)11(13)14/h7H,3-5H2,1-2H3. The van der Waals surface area contributed by atoms with E-state index in [4.69, 9.17) is 0 Å². The summed E-state index contributed by atoms with van der Waals surface area (Å²) in [5, 5.41) is 10.5. The van der Waals surface area contributed by atoms with Crippen molar-refractivity contribution in [3.63, 3.8) is 0 Å². The number of carbonyl (C=O) groups excluding carboxylic acids is 1. The fraction of sp³-hybridized carbons (Fsp3) is 0.750. The molecule has 0 spiro atoms. The first-order valence-electron chi connectivity index (χ1n) is 4.98. The summed E-state index contributed by atoms with van der Waals surface area (Å²) < 4.78 is 22.5. The fourth-order valence-electron chi connectivity index (χ4n) is 1.38. The molecule has 1 aliphatic heterocycles. The number of aliphatic imine (C=N–C) groups is 1. The molecule has 8 nitrogen and oxygen atoms in total. The van der Waals surface area contributed by atoms with E-state index in [1.165, 1.54) is 13.8 Å². The van der Waals surface area contributed by atoms with E-state index in [1.807, 2.05) is 0 Å². The summed E-state index contributed by atoms with van der Waals surface area (Å²) in [7, 11) is -3.21. The molecule has 17 heavy (non-hydrogen) atoms. The summed E-state index contributed by atoms with van der Waals surface area (Å²) in [5.41, 5.74) is 0. The predicted molar refractivity (Wildman–Crippen MR) is 59.9 cm³/mol. The molecule has 0 bridgehead atoms. The largest absolute Gasteiger partial charge is 0.383 e. The van der Waals surface area contributed by atoms with Crippen molar-refractivity contribution in [3.8, 4) is 0 Å². The van der Waals surface area contributed by atoms with Crippen LogP contribution in [0.1, 0.15) is 13.8 Å². The zero-order valence-electron chi connectivity index (χ0n) is 9.49. The molecule has 0 fully saturated rings. The summed E-state index contributed by atoms with van der Waals surface area (Å²) in [4.78, 5) is 25.9. The van der Waals surface area contributed by atoms with Crippen molar-refractivity contribution >= 4 is 21.6 Å². The number of amidine groups is 1. The van der Waals surface area contributed by atoms with Gasteiger partial charge in [-0.2, -0.15) is 4.99 Å². The first-order valence-corrected chi connectivity index (χ1v) is 6.80. The second kappa shape index (κ2) is 4.78. The van der Waals surface area contributed by atoms with Crippen LogP contribution in [-0.2, 0) is 14.6 Å². The Morgan fingerprint density at radius 1 is 1.53 bits per heavy atom. The molecule has 1 heterocycles. The number of carbonyl (C=O) groups is 1. The average Bonchev–Trinajstić information content (AvgIpc) is 2.52. The number of hydrogen-bond acceptors (Lipinski definition) is 6. The molecule has 0 saturated heterocycles. The molecule has 9 heteroatoms. The van der Waals surface area contributed by atoms with Crippen molar-refractivity contribution in [2.45, 2.75) is 20.0 Å². The highest BCUT2D eigenvalue weighted by Gasteiger charge is 2.40. The SMILES string of the molecule is CCS(=O)(=O)CCN1C(=O)C([N+](=O)[O-])N=C1C. The first kappa shape index (κ1) is 13.6. The Kier molecular flexibility index (Phi) is 3.81. The fourth-order valence-corrected chi connectivity index (χ4v) is 2.13. The van der Waals surface area contributed by atoms with Crippen LogP contribution in [0.4, 0.5) is 0 Å². The number of hydrogen-bond donors (Lipinski definition) is 0. The van der Waals surface area contributed by atoms with Gasteiger partial charge in [-0.05, 0) is 6.92 Å². The molecule has 0 aromatic rings. The van der Waals surface area contributed by atoms with Gasteiger partial charge >= 0.3 is 12.1 Å². The average molecular weight is 263 g/mol. The molecular weight excluding hydrogens is 250 g/mol. The second-order valence-corrected chi connectivity index (χ2v) is 6.03. The Labute approximate surface area is 98.4 Å². The predicted octanol–water partition coefficient (Wildman–Crippen LogP) is -0.715. The van der Waals surface area contributed by atoms with Gasteiger partial charge in [0.15, 0.2) is 9.84 Å². The molecule has 1 unspecified atom stereocenters. The summed E-state index contributed by atoms with van der Waals surface area (Å²) in [6, 6.07) is 0. The minimum absolute atomic E-state index is 0.0239. The number of amides is 1. The molecule has 0 radical (unpaired) electrons. The van der Waals surface area contributed by atoms with Crippen LogP contribution in [0.2, 0.25) is 0 Å². The van der Waals surface area contributed by atoms with E-state index >= 15 is 0 Å². The van der Waals surface area contributed by atoms with Crippen molar-refractivity contribution < 1.29 is 18.1 Å². The molecule has 0 saturated carbocycles. The van der Waals surface area contributed by atoms with Gasteiger partial charge in [0.25, 0.3) is 0 Å². The van der Waals surface area contributed by atoms with Crippen molar-refractivity contribution in [3.05, 3.63) is 10.1 Å². The molecule has 0 aromatic carbocycles. The van der Waals surface area contributed by atoms with Crippen molar-refractivity contribution in [1.82, 2.24) is 4.90 Å². The monoisotopic (exact) mass is 263 g/mol. The van der Waals surface area contributed by atoms with Gasteiger partial charge in [0.1, 0.15) is 5.84 Å². The maximum Gasteiger partial charge on any atom is 0.383 e. The van der Waals surface area contributed by atoms with E-state index < -0.39 is 26.8 Å². The molecule has 96 valence electrons. The zero-order chi connectivity index (χ0) is 13.2. The number of nitro groups is 1. The summed E-state index contributed by atoms with van der Waals surface area (Å²) in [6.07, 6.45) is -1.63. The Morgan fingerprint density at radius 3 is 2.53 bits per heavy atom. The van der Waals surface area contributed by atoms with E-state index in [-0.39, 0.29) is 23.9 Å². The first-order chi connectivity index (χ1) is 7.78. The Hall–Kier alpha value is -1.51. The van der Waals surface area contributed by atoms with Gasteiger partial charge < -0.3 is 0 Å². The number of rotatable bonds is 5. The maximum atomic E-state index is 11.5. The molecule has 0 aliphatic carbocycles. The van der Waals surface area contributed by atoms with Gasteiger partial charge in [-0.25, -0.2) is 8.42 Å². The second-order valence-electron chi connectivity index (χ2n) is 3.56. The molecule has 1 atom stereocenters. The summed E-state index contributed by atoms with van der Waals surface area (Å²) in [6.45, 7) is 2.86. The molecule has 1 aliphatic rings. The lowest BCUT2D eigenvalue weighted by molar-refractivity contribution is -0.505. The van der Waals surface area contributed by atoms with E-state index in [2.05, 4.69) is 4.99 Å². The van der Waals surface area contributed by atoms with E-state index in [1.54, 1.807) is 0 Å². The summed E-state index contributed by atoms with van der Waals surface area (Å²) in [5.74, 6) is -0.835. The lowest BCUT2D eigenvalue weighted by Gasteiger charge is -2.14. The highest BCUT2D eigenvalue weighted by atomic mass is 32.2. The van der Waals surface area contributed by atoms with Crippen LogP contribution in [0.25, 0.3) is 0 Å². The molecule has 1 amide bonds. The minimum Gasteiger partial charge on any atom is -0.292 e.